The van der Waals surface area contributed by atoms with Crippen LogP contribution in [0.2, 0.25) is 0 Å². The summed E-state index contributed by atoms with van der Waals surface area (Å²) in [5, 5.41) is 0. The molecule has 2 nitrogen and oxygen atoms in total. The highest BCUT2D eigenvalue weighted by Gasteiger charge is 2.20. The van der Waals surface area contributed by atoms with Crippen molar-refractivity contribution < 1.29 is 17.3 Å². The zero-order chi connectivity index (χ0) is 18.3. The molecule has 0 fully saturated rings. The summed E-state index contributed by atoms with van der Waals surface area (Å²) < 4.78 is 41.0. The molecule has 0 aliphatic rings. The summed E-state index contributed by atoms with van der Waals surface area (Å²) in [6.45, 7) is 6.06. The Labute approximate surface area is 143 Å². The molecular weight excluding hydrogens is 319 g/mol. The molecule has 0 radical (unpaired) electrons. The number of aryl methyl sites for hydroxylation is 1. The normalized spacial score (nSPS) is 11.0. The molecule has 0 saturated carbocycles. The highest BCUT2D eigenvalue weighted by molar-refractivity contribution is 6.50. The fraction of sp³-hybridized carbons (Fsp3) is 0.706. The molecule has 0 aromatic carbocycles. The van der Waals surface area contributed by atoms with Crippen LogP contribution >= 0.6 is 0 Å². The van der Waals surface area contributed by atoms with Gasteiger partial charge in [-0.1, -0.05) is 71.3 Å². The first-order valence-corrected chi connectivity index (χ1v) is 8.90. The minimum Gasteiger partial charge on any atom is -0.418 e. The van der Waals surface area contributed by atoms with Gasteiger partial charge in [-0.05, 0) is 6.42 Å². The van der Waals surface area contributed by atoms with Gasteiger partial charge in [0.25, 0.3) is 0 Å². The number of rotatable bonds is 12. The van der Waals surface area contributed by atoms with Crippen LogP contribution in [0, 0.1) is 0 Å². The second kappa shape index (κ2) is 14.1. The summed E-state index contributed by atoms with van der Waals surface area (Å²) in [7, 11) is -6.00. The van der Waals surface area contributed by atoms with Crippen molar-refractivity contribution in [2.75, 3.05) is 0 Å². The first kappa shape index (κ1) is 22.7. The largest absolute Gasteiger partial charge is 0.673 e. The maximum absolute atomic E-state index is 9.75. The number of unbranched alkanes of at least 4 members (excludes halogenated alkanes) is 9. The molecule has 140 valence electrons. The number of nitrogens with zero attached hydrogens (tertiary/aromatic N) is 2. The molecule has 1 aromatic heterocycles. The fourth-order valence-electron chi connectivity index (χ4n) is 2.47. The summed E-state index contributed by atoms with van der Waals surface area (Å²) in [5.74, 6) is 1.15. The Bertz CT molecular complexity index is 413. The molecule has 0 atom stereocenters. The lowest BCUT2D eigenvalue weighted by Crippen LogP contribution is -2.02. The Morgan fingerprint density at radius 2 is 1.42 bits per heavy atom. The average molecular weight is 349 g/mol. The van der Waals surface area contributed by atoms with Crippen molar-refractivity contribution in [3.8, 4) is 0 Å². The van der Waals surface area contributed by atoms with Gasteiger partial charge in [0.2, 0.25) is 0 Å². The third-order valence-electron chi connectivity index (χ3n) is 3.70. The summed E-state index contributed by atoms with van der Waals surface area (Å²) in [5.41, 5.74) is 0. The highest BCUT2D eigenvalue weighted by atomic mass is 19.5. The molecule has 1 heterocycles. The minimum atomic E-state index is -6.00. The van der Waals surface area contributed by atoms with Crippen LogP contribution in [0.3, 0.4) is 0 Å². The van der Waals surface area contributed by atoms with Gasteiger partial charge >= 0.3 is 7.25 Å². The molecule has 1 aromatic rings. The summed E-state index contributed by atoms with van der Waals surface area (Å²) in [6, 6.07) is 0. The van der Waals surface area contributed by atoms with Crippen LogP contribution in [0.25, 0.3) is 6.20 Å². The van der Waals surface area contributed by atoms with Crippen molar-refractivity contribution in [1.29, 1.82) is 0 Å². The lowest BCUT2D eigenvalue weighted by atomic mass is 10.1. The van der Waals surface area contributed by atoms with Crippen molar-refractivity contribution in [2.24, 2.45) is 0 Å². The van der Waals surface area contributed by atoms with Crippen molar-refractivity contribution in [1.82, 2.24) is 9.55 Å². The monoisotopic (exact) mass is 349 g/mol. The van der Waals surface area contributed by atoms with Crippen LogP contribution in [0.15, 0.2) is 19.0 Å². The first-order chi connectivity index (χ1) is 11.4. The van der Waals surface area contributed by atoms with E-state index in [4.69, 9.17) is 0 Å². The Morgan fingerprint density at radius 3 is 1.88 bits per heavy atom. The number of hydrogen-bond donors (Lipinski definition) is 0. The molecule has 0 aliphatic heterocycles. The summed E-state index contributed by atoms with van der Waals surface area (Å²) >= 11 is 0. The van der Waals surface area contributed by atoms with E-state index in [1.165, 1.54) is 64.2 Å². The minimum absolute atomic E-state index is 1.08. The lowest BCUT2D eigenvalue weighted by Gasteiger charge is -2.03. The zero-order valence-electron chi connectivity index (χ0n) is 14.7. The van der Waals surface area contributed by atoms with Crippen molar-refractivity contribution in [3.05, 3.63) is 24.8 Å². The number of halogens is 4. The Balaban J connectivity index is 0.000000922. The summed E-state index contributed by atoms with van der Waals surface area (Å²) in [6.07, 6.45) is 20.6. The van der Waals surface area contributed by atoms with Gasteiger partial charge < -0.3 is 21.8 Å². The van der Waals surface area contributed by atoms with Gasteiger partial charge in [0.1, 0.15) is 5.82 Å². The standard InChI is InChI=1S/C17H30N2.BF4/c1-3-5-6-7-8-9-10-11-12-13-14-17-18-15-16-19(17)4-2;2-1(3,4)5/h4,15-16H,2-3,5-14H2,1H3;/q;-1. The second-order valence-electron chi connectivity index (χ2n) is 5.86. The molecule has 0 saturated heterocycles. The van der Waals surface area contributed by atoms with Gasteiger partial charge in [-0.3, -0.25) is 0 Å². The van der Waals surface area contributed by atoms with E-state index < -0.39 is 7.25 Å². The van der Waals surface area contributed by atoms with Crippen LogP contribution in [0.1, 0.15) is 77.0 Å². The lowest BCUT2D eigenvalue weighted by molar-refractivity contribution is 0.368. The van der Waals surface area contributed by atoms with E-state index in [-0.39, 0.29) is 0 Å². The third kappa shape index (κ3) is 15.6. The maximum Gasteiger partial charge on any atom is 0.673 e. The van der Waals surface area contributed by atoms with Gasteiger partial charge in [-0.25, -0.2) is 4.98 Å². The van der Waals surface area contributed by atoms with E-state index in [2.05, 4.69) is 18.5 Å². The van der Waals surface area contributed by atoms with E-state index in [0.717, 1.165) is 12.2 Å². The van der Waals surface area contributed by atoms with Crippen LogP contribution in [0.4, 0.5) is 17.3 Å². The highest BCUT2D eigenvalue weighted by Crippen LogP contribution is 2.12. The van der Waals surface area contributed by atoms with E-state index >= 15 is 0 Å². The van der Waals surface area contributed by atoms with Crippen LogP contribution in [0.5, 0.6) is 0 Å². The quantitative estimate of drug-likeness (QED) is 0.232. The molecule has 0 unspecified atom stereocenters. The molecule has 0 bridgehead atoms. The van der Waals surface area contributed by atoms with Gasteiger partial charge in [0.05, 0.1) is 0 Å². The maximum atomic E-state index is 9.75. The predicted molar refractivity (Wildman–Crippen MR) is 94.3 cm³/mol. The van der Waals surface area contributed by atoms with E-state index in [0.29, 0.717) is 0 Å². The second-order valence-corrected chi connectivity index (χ2v) is 5.86. The van der Waals surface area contributed by atoms with Gasteiger partial charge in [-0.15, -0.1) is 0 Å². The molecule has 1 rings (SSSR count). The number of aromatic nitrogens is 2. The van der Waals surface area contributed by atoms with E-state index in [1.807, 2.05) is 23.2 Å². The molecule has 0 aliphatic carbocycles. The molecule has 0 N–H and O–H groups in total. The molecule has 0 spiro atoms. The molecule has 0 amide bonds. The zero-order valence-corrected chi connectivity index (χ0v) is 14.7. The molecular formula is C17H30BF4N2-. The van der Waals surface area contributed by atoms with Crippen LogP contribution < -0.4 is 0 Å². The number of hydrogen-bond acceptors (Lipinski definition) is 1. The Hall–Kier alpha value is -1.27. The predicted octanol–water partition coefficient (Wildman–Crippen LogP) is 6.75. The Morgan fingerprint density at radius 1 is 0.958 bits per heavy atom. The van der Waals surface area contributed by atoms with E-state index in [9.17, 15) is 17.3 Å². The topological polar surface area (TPSA) is 17.8 Å². The van der Waals surface area contributed by atoms with Crippen LogP contribution in [-0.4, -0.2) is 16.8 Å². The van der Waals surface area contributed by atoms with Crippen molar-refractivity contribution >= 4 is 13.5 Å². The fourth-order valence-corrected chi connectivity index (χ4v) is 2.47. The molecule has 7 heteroatoms. The third-order valence-corrected chi connectivity index (χ3v) is 3.70. The van der Waals surface area contributed by atoms with Gasteiger partial charge in [0.15, 0.2) is 0 Å². The Kier molecular flexibility index (Phi) is 13.4. The van der Waals surface area contributed by atoms with Crippen LogP contribution in [-0.2, 0) is 6.42 Å². The van der Waals surface area contributed by atoms with Crippen molar-refractivity contribution in [3.63, 3.8) is 0 Å². The van der Waals surface area contributed by atoms with Crippen molar-refractivity contribution in [2.45, 2.75) is 77.6 Å². The first-order valence-electron chi connectivity index (χ1n) is 8.90. The number of imidazole rings is 1. The smallest absolute Gasteiger partial charge is 0.418 e. The average Bonchev–Trinajstić information content (AvgIpc) is 2.95. The van der Waals surface area contributed by atoms with Gasteiger partial charge in [0, 0.05) is 25.0 Å². The summed E-state index contributed by atoms with van der Waals surface area (Å²) in [4.78, 5) is 4.35. The van der Waals surface area contributed by atoms with E-state index in [1.54, 1.807) is 0 Å². The SMILES string of the molecule is C=Cn1ccnc1CCCCCCCCCCCC.F[B-](F)(F)F. The van der Waals surface area contributed by atoms with Gasteiger partial charge in [-0.2, -0.15) is 0 Å². The molecule has 24 heavy (non-hydrogen) atoms.